The van der Waals surface area contributed by atoms with Crippen molar-refractivity contribution in [3.05, 3.63) is 89.5 Å². The summed E-state index contributed by atoms with van der Waals surface area (Å²) in [6.45, 7) is 6.17. The molecule has 0 aliphatic heterocycles. The lowest BCUT2D eigenvalue weighted by molar-refractivity contribution is 0.321. The van der Waals surface area contributed by atoms with Crippen LogP contribution in [0.25, 0.3) is 0 Å². The van der Waals surface area contributed by atoms with Crippen molar-refractivity contribution < 1.29 is 9.47 Å². The highest BCUT2D eigenvalue weighted by Gasteiger charge is 2.01. The van der Waals surface area contributed by atoms with Gasteiger partial charge in [0.2, 0.25) is 0 Å². The number of ether oxygens (including phenoxy) is 2. The zero-order valence-corrected chi connectivity index (χ0v) is 16.1. The third-order valence-corrected chi connectivity index (χ3v) is 4.37. The van der Waals surface area contributed by atoms with Crippen LogP contribution in [0.15, 0.2) is 72.8 Å². The van der Waals surface area contributed by atoms with Crippen molar-refractivity contribution in [3.8, 4) is 11.5 Å². The summed E-state index contributed by atoms with van der Waals surface area (Å²) in [5, 5.41) is 3.39. The quantitative estimate of drug-likeness (QED) is 0.517. The summed E-state index contributed by atoms with van der Waals surface area (Å²) in [5.41, 5.74) is 4.70. The molecule has 0 fully saturated rings. The smallest absolute Gasteiger partial charge is 0.122 e. The molecule has 0 aliphatic rings. The monoisotopic (exact) mass is 361 g/mol. The van der Waals surface area contributed by atoms with Crippen LogP contribution in [0.2, 0.25) is 0 Å². The van der Waals surface area contributed by atoms with E-state index < -0.39 is 0 Å². The third kappa shape index (κ3) is 6.07. The lowest BCUT2D eigenvalue weighted by Gasteiger charge is -2.12. The van der Waals surface area contributed by atoms with Gasteiger partial charge in [-0.15, -0.1) is 0 Å². The Kier molecular flexibility index (Phi) is 6.75. The highest BCUT2D eigenvalue weighted by molar-refractivity contribution is 5.48. The molecule has 140 valence electrons. The van der Waals surface area contributed by atoms with Crippen molar-refractivity contribution in [1.82, 2.24) is 0 Å². The molecule has 0 amide bonds. The molecular formula is C24H27NO2. The van der Waals surface area contributed by atoms with Crippen LogP contribution in [0.1, 0.15) is 16.7 Å². The second-order valence-corrected chi connectivity index (χ2v) is 6.66. The molecule has 0 spiro atoms. The van der Waals surface area contributed by atoms with Gasteiger partial charge in [-0.25, -0.2) is 0 Å². The van der Waals surface area contributed by atoms with Crippen LogP contribution in [-0.4, -0.2) is 19.8 Å². The Morgan fingerprint density at radius 3 is 2.48 bits per heavy atom. The Morgan fingerprint density at radius 1 is 0.778 bits per heavy atom. The Hall–Kier alpha value is -2.94. The molecule has 3 aromatic rings. The second kappa shape index (κ2) is 9.67. The van der Waals surface area contributed by atoms with Crippen LogP contribution >= 0.6 is 0 Å². The molecule has 3 aromatic carbocycles. The van der Waals surface area contributed by atoms with Crippen molar-refractivity contribution in [2.45, 2.75) is 20.3 Å². The maximum atomic E-state index is 5.89. The van der Waals surface area contributed by atoms with Gasteiger partial charge >= 0.3 is 0 Å². The zero-order valence-electron chi connectivity index (χ0n) is 16.1. The van der Waals surface area contributed by atoms with Crippen molar-refractivity contribution in [2.75, 3.05) is 25.1 Å². The standard InChI is InChI=1S/C24H27NO2/c1-19-11-12-20(2)24(17-19)27-16-14-25-22-9-6-10-23(18-22)26-15-13-21-7-4-3-5-8-21/h3-12,17-18,25H,13-16H2,1-2H3. The molecule has 1 N–H and O–H groups in total. The first-order valence-corrected chi connectivity index (χ1v) is 9.41. The molecule has 0 aromatic heterocycles. The van der Waals surface area contributed by atoms with E-state index in [0.717, 1.165) is 35.7 Å². The SMILES string of the molecule is Cc1ccc(C)c(OCCNc2cccc(OCCc3ccccc3)c2)c1. The van der Waals surface area contributed by atoms with Crippen LogP contribution in [0.3, 0.4) is 0 Å². The highest BCUT2D eigenvalue weighted by atomic mass is 16.5. The van der Waals surface area contributed by atoms with Crippen LogP contribution < -0.4 is 14.8 Å². The van der Waals surface area contributed by atoms with Gasteiger partial charge in [0.1, 0.15) is 18.1 Å². The summed E-state index contributed by atoms with van der Waals surface area (Å²) in [6.07, 6.45) is 0.905. The van der Waals surface area contributed by atoms with E-state index >= 15 is 0 Å². The normalized spacial score (nSPS) is 10.4. The average molecular weight is 361 g/mol. The number of hydrogen-bond donors (Lipinski definition) is 1. The number of aryl methyl sites for hydroxylation is 2. The number of rotatable bonds is 9. The largest absolute Gasteiger partial charge is 0.493 e. The van der Waals surface area contributed by atoms with E-state index in [-0.39, 0.29) is 0 Å². The number of anilines is 1. The maximum Gasteiger partial charge on any atom is 0.122 e. The van der Waals surface area contributed by atoms with Crippen molar-refractivity contribution in [3.63, 3.8) is 0 Å². The summed E-state index contributed by atoms with van der Waals surface area (Å²) in [7, 11) is 0. The second-order valence-electron chi connectivity index (χ2n) is 6.66. The highest BCUT2D eigenvalue weighted by Crippen LogP contribution is 2.20. The molecule has 0 heterocycles. The molecule has 0 unspecified atom stereocenters. The van der Waals surface area contributed by atoms with Crippen molar-refractivity contribution in [1.29, 1.82) is 0 Å². The molecule has 0 aliphatic carbocycles. The lowest BCUT2D eigenvalue weighted by Crippen LogP contribution is -2.12. The van der Waals surface area contributed by atoms with E-state index in [1.165, 1.54) is 11.1 Å². The molecule has 0 radical (unpaired) electrons. The van der Waals surface area contributed by atoms with Gasteiger partial charge in [-0.05, 0) is 48.7 Å². The van der Waals surface area contributed by atoms with Gasteiger partial charge in [0.15, 0.2) is 0 Å². The summed E-state index contributed by atoms with van der Waals surface area (Å²) in [4.78, 5) is 0. The first kappa shape index (κ1) is 18.8. The number of hydrogen-bond acceptors (Lipinski definition) is 3. The van der Waals surface area contributed by atoms with Gasteiger partial charge in [0.25, 0.3) is 0 Å². The van der Waals surface area contributed by atoms with E-state index in [1.807, 2.05) is 30.3 Å². The van der Waals surface area contributed by atoms with Gasteiger partial charge in [-0.1, -0.05) is 48.5 Å². The van der Waals surface area contributed by atoms with Gasteiger partial charge < -0.3 is 14.8 Å². The topological polar surface area (TPSA) is 30.5 Å². The molecular weight excluding hydrogens is 334 g/mol. The minimum Gasteiger partial charge on any atom is -0.493 e. The van der Waals surface area contributed by atoms with Gasteiger partial charge in [-0.3, -0.25) is 0 Å². The van der Waals surface area contributed by atoms with Gasteiger partial charge in [0.05, 0.1) is 6.61 Å². The molecule has 3 nitrogen and oxygen atoms in total. The first-order chi connectivity index (χ1) is 13.2. The van der Waals surface area contributed by atoms with Crippen LogP contribution in [-0.2, 0) is 6.42 Å². The fraction of sp³-hybridized carbons (Fsp3) is 0.250. The Bertz CT molecular complexity index is 846. The summed E-state index contributed by atoms with van der Waals surface area (Å²) < 4.78 is 11.8. The first-order valence-electron chi connectivity index (χ1n) is 9.41. The van der Waals surface area contributed by atoms with E-state index in [4.69, 9.17) is 9.47 Å². The Morgan fingerprint density at radius 2 is 1.63 bits per heavy atom. The maximum absolute atomic E-state index is 5.89. The Labute approximate surface area is 162 Å². The minimum atomic E-state index is 0.614. The van der Waals surface area contributed by atoms with Crippen molar-refractivity contribution in [2.24, 2.45) is 0 Å². The molecule has 0 saturated carbocycles. The fourth-order valence-electron chi connectivity index (χ4n) is 2.85. The number of benzene rings is 3. The predicted octanol–water partition coefficient (Wildman–Crippen LogP) is 5.42. The molecule has 0 bridgehead atoms. The molecule has 3 heteroatoms. The van der Waals surface area contributed by atoms with E-state index in [0.29, 0.717) is 13.2 Å². The van der Waals surface area contributed by atoms with E-state index in [9.17, 15) is 0 Å². The molecule has 0 atom stereocenters. The molecule has 0 saturated heterocycles. The van der Waals surface area contributed by atoms with Crippen molar-refractivity contribution >= 4 is 5.69 Å². The zero-order chi connectivity index (χ0) is 18.9. The molecule has 27 heavy (non-hydrogen) atoms. The number of nitrogens with one attached hydrogen (secondary N) is 1. The van der Waals surface area contributed by atoms with Crippen LogP contribution in [0.4, 0.5) is 5.69 Å². The lowest BCUT2D eigenvalue weighted by atomic mass is 10.1. The fourth-order valence-corrected chi connectivity index (χ4v) is 2.85. The molecule has 3 rings (SSSR count). The predicted molar refractivity (Wildman–Crippen MR) is 112 cm³/mol. The average Bonchev–Trinajstić information content (AvgIpc) is 2.69. The van der Waals surface area contributed by atoms with E-state index in [2.05, 4.69) is 61.6 Å². The summed E-state index contributed by atoms with van der Waals surface area (Å²) in [5.74, 6) is 1.83. The van der Waals surface area contributed by atoms with Crippen LogP contribution in [0.5, 0.6) is 11.5 Å². The summed E-state index contributed by atoms with van der Waals surface area (Å²) >= 11 is 0. The van der Waals surface area contributed by atoms with Crippen LogP contribution in [0, 0.1) is 13.8 Å². The van der Waals surface area contributed by atoms with E-state index in [1.54, 1.807) is 0 Å². The Balaban J connectivity index is 1.43. The summed E-state index contributed by atoms with van der Waals surface area (Å²) in [6, 6.07) is 24.7. The third-order valence-electron chi connectivity index (χ3n) is 4.37. The minimum absolute atomic E-state index is 0.614. The van der Waals surface area contributed by atoms with Gasteiger partial charge in [0, 0.05) is 24.7 Å². The van der Waals surface area contributed by atoms with Gasteiger partial charge in [-0.2, -0.15) is 0 Å².